The van der Waals surface area contributed by atoms with Crippen molar-refractivity contribution in [2.75, 3.05) is 13.1 Å². The number of aryl methyl sites for hydroxylation is 1. The molecule has 33 heavy (non-hydrogen) atoms. The Hall–Kier alpha value is -3.52. The first-order chi connectivity index (χ1) is 16.2. The van der Waals surface area contributed by atoms with E-state index in [4.69, 9.17) is 0 Å². The first kappa shape index (κ1) is 22.7. The van der Waals surface area contributed by atoms with Crippen LogP contribution in [0.3, 0.4) is 0 Å². The SMILES string of the molecule is CCNC(=O)c1ccc(-n2nnc(C(=O)NC3CC3)c2CNCCCc2ccccc2)cc1. The van der Waals surface area contributed by atoms with Crippen LogP contribution < -0.4 is 16.0 Å². The predicted octanol–water partition coefficient (Wildman–Crippen LogP) is 2.63. The molecule has 3 N–H and O–H groups in total. The van der Waals surface area contributed by atoms with E-state index in [1.54, 1.807) is 16.8 Å². The monoisotopic (exact) mass is 446 g/mol. The number of aromatic nitrogens is 3. The van der Waals surface area contributed by atoms with Crippen molar-refractivity contribution in [3.05, 3.63) is 77.1 Å². The van der Waals surface area contributed by atoms with Crippen LogP contribution in [-0.2, 0) is 13.0 Å². The van der Waals surface area contributed by atoms with Crippen LogP contribution in [0.2, 0.25) is 0 Å². The second-order valence-corrected chi connectivity index (χ2v) is 8.22. The molecule has 1 saturated carbocycles. The highest BCUT2D eigenvalue weighted by molar-refractivity contribution is 5.94. The van der Waals surface area contributed by atoms with Gasteiger partial charge < -0.3 is 16.0 Å². The molecule has 0 bridgehead atoms. The molecule has 2 aromatic carbocycles. The van der Waals surface area contributed by atoms with Crippen molar-refractivity contribution >= 4 is 11.8 Å². The lowest BCUT2D eigenvalue weighted by molar-refractivity contribution is 0.0940. The second kappa shape index (κ2) is 10.9. The van der Waals surface area contributed by atoms with Crippen LogP contribution in [0.15, 0.2) is 54.6 Å². The molecule has 1 fully saturated rings. The highest BCUT2D eigenvalue weighted by Gasteiger charge is 2.27. The lowest BCUT2D eigenvalue weighted by atomic mass is 10.1. The minimum atomic E-state index is -0.191. The van der Waals surface area contributed by atoms with Gasteiger partial charge in [0.1, 0.15) is 0 Å². The first-order valence-corrected chi connectivity index (χ1v) is 11.5. The van der Waals surface area contributed by atoms with Crippen molar-refractivity contribution in [1.29, 1.82) is 0 Å². The Kier molecular flexibility index (Phi) is 7.47. The highest BCUT2D eigenvalue weighted by atomic mass is 16.2. The summed E-state index contributed by atoms with van der Waals surface area (Å²) in [6.07, 6.45) is 3.99. The van der Waals surface area contributed by atoms with Gasteiger partial charge >= 0.3 is 0 Å². The summed E-state index contributed by atoms with van der Waals surface area (Å²) in [5, 5.41) is 17.7. The minimum absolute atomic E-state index is 0.118. The van der Waals surface area contributed by atoms with Crippen LogP contribution in [0, 0.1) is 0 Å². The maximum atomic E-state index is 12.7. The number of nitrogens with one attached hydrogen (secondary N) is 3. The van der Waals surface area contributed by atoms with Gasteiger partial charge in [-0.05, 0) is 69.0 Å². The highest BCUT2D eigenvalue weighted by Crippen LogP contribution is 2.20. The number of hydrogen-bond acceptors (Lipinski definition) is 5. The molecule has 1 heterocycles. The number of benzene rings is 2. The zero-order chi connectivity index (χ0) is 23.0. The van der Waals surface area contributed by atoms with Crippen LogP contribution in [0.4, 0.5) is 0 Å². The van der Waals surface area contributed by atoms with Crippen LogP contribution in [0.5, 0.6) is 0 Å². The molecule has 8 heteroatoms. The molecule has 0 radical (unpaired) electrons. The van der Waals surface area contributed by atoms with E-state index in [0.29, 0.717) is 30.0 Å². The quantitative estimate of drug-likeness (QED) is 0.393. The molecule has 0 aliphatic heterocycles. The van der Waals surface area contributed by atoms with E-state index < -0.39 is 0 Å². The van der Waals surface area contributed by atoms with E-state index in [1.165, 1.54) is 5.56 Å². The third-order valence-corrected chi connectivity index (χ3v) is 5.56. The summed E-state index contributed by atoms with van der Waals surface area (Å²) in [4.78, 5) is 24.8. The van der Waals surface area contributed by atoms with Crippen molar-refractivity contribution < 1.29 is 9.59 Å². The standard InChI is InChI=1S/C25H30N6O2/c1-2-27-24(32)19-10-14-21(15-11-19)31-22(23(29-30-31)25(33)28-20-12-13-20)17-26-16-6-9-18-7-4-3-5-8-18/h3-5,7-8,10-11,14-15,20,26H,2,6,9,12-13,16-17H2,1H3,(H,27,32)(H,28,33). The Morgan fingerprint density at radius 3 is 2.48 bits per heavy atom. The molecule has 8 nitrogen and oxygen atoms in total. The summed E-state index contributed by atoms with van der Waals surface area (Å²) < 4.78 is 1.67. The lowest BCUT2D eigenvalue weighted by Crippen LogP contribution is -2.28. The Morgan fingerprint density at radius 2 is 1.79 bits per heavy atom. The van der Waals surface area contributed by atoms with Crippen molar-refractivity contribution in [2.24, 2.45) is 0 Å². The fraction of sp³-hybridized carbons (Fsp3) is 0.360. The summed E-state index contributed by atoms with van der Waals surface area (Å²) >= 11 is 0. The number of amides is 2. The Bertz CT molecular complexity index is 1070. The Labute approximate surface area is 193 Å². The molecule has 172 valence electrons. The van der Waals surface area contributed by atoms with Crippen molar-refractivity contribution in [1.82, 2.24) is 30.9 Å². The van der Waals surface area contributed by atoms with Crippen LogP contribution in [-0.4, -0.2) is 45.9 Å². The van der Waals surface area contributed by atoms with Gasteiger partial charge in [-0.1, -0.05) is 35.5 Å². The number of hydrogen-bond donors (Lipinski definition) is 3. The van der Waals surface area contributed by atoms with E-state index in [2.05, 4.69) is 50.5 Å². The molecule has 0 saturated heterocycles. The Morgan fingerprint density at radius 1 is 1.03 bits per heavy atom. The van der Waals surface area contributed by atoms with Crippen LogP contribution in [0.1, 0.15) is 58.3 Å². The summed E-state index contributed by atoms with van der Waals surface area (Å²) in [5.41, 5.74) is 3.68. The molecule has 0 unspecified atom stereocenters. The molecule has 1 aliphatic carbocycles. The lowest BCUT2D eigenvalue weighted by Gasteiger charge is -2.11. The molecular formula is C25H30N6O2. The number of nitrogens with zero attached hydrogens (tertiary/aromatic N) is 3. The summed E-state index contributed by atoms with van der Waals surface area (Å²) in [6, 6.07) is 17.8. The summed E-state index contributed by atoms with van der Waals surface area (Å²) in [7, 11) is 0. The smallest absolute Gasteiger partial charge is 0.274 e. The topological polar surface area (TPSA) is 101 Å². The average Bonchev–Trinajstić information content (AvgIpc) is 3.55. The largest absolute Gasteiger partial charge is 0.352 e. The zero-order valence-electron chi connectivity index (χ0n) is 18.9. The fourth-order valence-corrected chi connectivity index (χ4v) is 3.61. The van der Waals surface area contributed by atoms with Crippen LogP contribution >= 0.6 is 0 Å². The number of carbonyl (C=O) groups excluding carboxylic acids is 2. The molecule has 4 rings (SSSR count). The zero-order valence-corrected chi connectivity index (χ0v) is 18.9. The normalized spacial score (nSPS) is 13.0. The molecule has 0 atom stereocenters. The van der Waals surface area contributed by atoms with Gasteiger partial charge in [0, 0.05) is 24.7 Å². The van der Waals surface area contributed by atoms with Gasteiger partial charge in [0.05, 0.1) is 11.4 Å². The molecular weight excluding hydrogens is 416 g/mol. The van der Waals surface area contributed by atoms with E-state index >= 15 is 0 Å². The fourth-order valence-electron chi connectivity index (χ4n) is 3.61. The van der Waals surface area contributed by atoms with Crippen molar-refractivity contribution in [2.45, 2.75) is 45.2 Å². The molecule has 1 aromatic heterocycles. The summed E-state index contributed by atoms with van der Waals surface area (Å²) in [5.74, 6) is -0.309. The van der Waals surface area contributed by atoms with Gasteiger partial charge in [-0.2, -0.15) is 0 Å². The Balaban J connectivity index is 1.46. The number of rotatable bonds is 11. The maximum Gasteiger partial charge on any atom is 0.274 e. The van der Waals surface area contributed by atoms with Gasteiger partial charge in [-0.15, -0.1) is 5.10 Å². The van der Waals surface area contributed by atoms with E-state index in [-0.39, 0.29) is 17.9 Å². The third-order valence-electron chi connectivity index (χ3n) is 5.56. The summed E-state index contributed by atoms with van der Waals surface area (Å²) in [6.45, 7) is 3.73. The predicted molar refractivity (Wildman–Crippen MR) is 126 cm³/mol. The van der Waals surface area contributed by atoms with Crippen LogP contribution in [0.25, 0.3) is 5.69 Å². The molecule has 0 spiro atoms. The third kappa shape index (κ3) is 6.04. The molecule has 3 aromatic rings. The van der Waals surface area contributed by atoms with E-state index in [0.717, 1.165) is 37.9 Å². The van der Waals surface area contributed by atoms with Gasteiger partial charge in [0.15, 0.2) is 5.69 Å². The number of carbonyl (C=O) groups is 2. The second-order valence-electron chi connectivity index (χ2n) is 8.22. The van der Waals surface area contributed by atoms with Gasteiger partial charge in [-0.3, -0.25) is 9.59 Å². The first-order valence-electron chi connectivity index (χ1n) is 11.5. The van der Waals surface area contributed by atoms with Gasteiger partial charge in [0.2, 0.25) is 0 Å². The maximum absolute atomic E-state index is 12.7. The van der Waals surface area contributed by atoms with E-state index in [9.17, 15) is 9.59 Å². The van der Waals surface area contributed by atoms with Crippen molar-refractivity contribution in [3.8, 4) is 5.69 Å². The minimum Gasteiger partial charge on any atom is -0.352 e. The van der Waals surface area contributed by atoms with Gasteiger partial charge in [0.25, 0.3) is 11.8 Å². The van der Waals surface area contributed by atoms with E-state index in [1.807, 2.05) is 25.1 Å². The average molecular weight is 447 g/mol. The van der Waals surface area contributed by atoms with Crippen molar-refractivity contribution in [3.63, 3.8) is 0 Å². The van der Waals surface area contributed by atoms with Gasteiger partial charge in [-0.25, -0.2) is 4.68 Å². The molecule has 2 amide bonds. The molecule has 1 aliphatic rings.